The van der Waals surface area contributed by atoms with Crippen LogP contribution in [0.15, 0.2) is 0 Å². The summed E-state index contributed by atoms with van der Waals surface area (Å²) in [5.41, 5.74) is -0.526. The van der Waals surface area contributed by atoms with E-state index in [4.69, 9.17) is 14.2 Å². The van der Waals surface area contributed by atoms with E-state index in [1.807, 2.05) is 0 Å². The van der Waals surface area contributed by atoms with Crippen LogP contribution in [0.25, 0.3) is 0 Å². The summed E-state index contributed by atoms with van der Waals surface area (Å²) in [6, 6.07) is 0. The monoisotopic (exact) mass is 273 g/mol. The number of ether oxygens (including phenoxy) is 3. The third-order valence-electron chi connectivity index (χ3n) is 2.91. The molecule has 0 spiro atoms. The molecular weight excluding hydrogens is 250 g/mol. The van der Waals surface area contributed by atoms with Gasteiger partial charge in [0.15, 0.2) is 0 Å². The van der Waals surface area contributed by atoms with Crippen molar-refractivity contribution in [3.8, 4) is 0 Å². The second-order valence-corrected chi connectivity index (χ2v) is 5.64. The lowest BCUT2D eigenvalue weighted by molar-refractivity contribution is -0.153. The molecule has 0 aromatic carbocycles. The molecule has 0 aromatic heterocycles. The molecule has 2 atom stereocenters. The van der Waals surface area contributed by atoms with Gasteiger partial charge in [-0.25, -0.2) is 4.79 Å². The fourth-order valence-corrected chi connectivity index (χ4v) is 1.97. The summed E-state index contributed by atoms with van der Waals surface area (Å²) in [6.07, 6.45) is 0.248. The number of hydrogen-bond donors (Lipinski definition) is 1. The van der Waals surface area contributed by atoms with Crippen LogP contribution in [-0.4, -0.2) is 44.5 Å². The van der Waals surface area contributed by atoms with E-state index in [-0.39, 0.29) is 17.8 Å². The van der Waals surface area contributed by atoms with E-state index in [9.17, 15) is 9.59 Å². The Morgan fingerprint density at radius 3 is 2.63 bits per heavy atom. The van der Waals surface area contributed by atoms with Crippen molar-refractivity contribution >= 4 is 12.1 Å². The molecule has 0 aliphatic carbocycles. The highest BCUT2D eigenvalue weighted by Crippen LogP contribution is 2.22. The van der Waals surface area contributed by atoms with Crippen LogP contribution in [0.1, 0.15) is 27.2 Å². The zero-order valence-corrected chi connectivity index (χ0v) is 12.0. The minimum Gasteiger partial charge on any atom is -0.469 e. The van der Waals surface area contributed by atoms with Crippen molar-refractivity contribution in [1.82, 2.24) is 5.32 Å². The van der Waals surface area contributed by atoms with E-state index in [0.717, 1.165) is 6.42 Å². The molecule has 6 heteroatoms. The highest BCUT2D eigenvalue weighted by molar-refractivity contribution is 5.73. The molecule has 1 aliphatic rings. The van der Waals surface area contributed by atoms with Crippen LogP contribution in [-0.2, 0) is 19.0 Å². The Balaban J connectivity index is 2.45. The number of carbonyl (C=O) groups is 2. The number of amides is 1. The smallest absolute Gasteiger partial charge is 0.407 e. The second kappa shape index (κ2) is 6.75. The van der Waals surface area contributed by atoms with Gasteiger partial charge in [0.2, 0.25) is 0 Å². The maximum absolute atomic E-state index is 11.6. The predicted molar refractivity (Wildman–Crippen MR) is 68.7 cm³/mol. The van der Waals surface area contributed by atoms with Gasteiger partial charge in [-0.2, -0.15) is 0 Å². The molecule has 0 unspecified atom stereocenters. The third kappa shape index (κ3) is 5.46. The average Bonchev–Trinajstić information content (AvgIpc) is 2.33. The van der Waals surface area contributed by atoms with Gasteiger partial charge in [0.25, 0.3) is 0 Å². The zero-order valence-electron chi connectivity index (χ0n) is 12.0. The standard InChI is InChI=1S/C13H23NO5/c1-13(2,3)19-12(16)14-7-9-5-6-18-8-10(9)11(15)17-4/h9-10H,5-8H2,1-4H3,(H,14,16)/t9-,10+/m0/s1. The fourth-order valence-electron chi connectivity index (χ4n) is 1.97. The predicted octanol–water partition coefficient (Wildman–Crippen LogP) is 1.34. The van der Waals surface area contributed by atoms with E-state index >= 15 is 0 Å². The van der Waals surface area contributed by atoms with E-state index in [2.05, 4.69) is 5.32 Å². The molecule has 0 radical (unpaired) electrons. The first-order valence-corrected chi connectivity index (χ1v) is 6.46. The van der Waals surface area contributed by atoms with Crippen LogP contribution in [0.5, 0.6) is 0 Å². The van der Waals surface area contributed by atoms with Crippen molar-refractivity contribution < 1.29 is 23.8 Å². The number of rotatable bonds is 3. The normalized spacial score (nSPS) is 23.6. The van der Waals surface area contributed by atoms with Gasteiger partial charge in [-0.15, -0.1) is 0 Å². The molecule has 0 saturated carbocycles. The minimum absolute atomic E-state index is 0.0220. The first kappa shape index (κ1) is 15.8. The minimum atomic E-state index is -0.526. The molecule has 1 heterocycles. The molecule has 0 bridgehead atoms. The van der Waals surface area contributed by atoms with Crippen LogP contribution in [0.3, 0.4) is 0 Å². The lowest BCUT2D eigenvalue weighted by atomic mass is 9.88. The summed E-state index contributed by atoms with van der Waals surface area (Å²) in [6.45, 7) is 6.73. The molecule has 6 nitrogen and oxygen atoms in total. The first-order chi connectivity index (χ1) is 8.83. The second-order valence-electron chi connectivity index (χ2n) is 5.64. The molecule has 1 N–H and O–H groups in total. The molecule has 1 fully saturated rings. The van der Waals surface area contributed by atoms with Crippen molar-refractivity contribution in [2.75, 3.05) is 26.9 Å². The molecule has 1 rings (SSSR count). The van der Waals surface area contributed by atoms with Crippen molar-refractivity contribution in [3.05, 3.63) is 0 Å². The molecule has 110 valence electrons. The Morgan fingerprint density at radius 1 is 1.37 bits per heavy atom. The summed E-state index contributed by atoms with van der Waals surface area (Å²) in [5, 5.41) is 2.69. The van der Waals surface area contributed by atoms with E-state index < -0.39 is 11.7 Å². The topological polar surface area (TPSA) is 73.9 Å². The van der Waals surface area contributed by atoms with Gasteiger partial charge in [0, 0.05) is 13.2 Å². The van der Waals surface area contributed by atoms with E-state index in [0.29, 0.717) is 19.8 Å². The molecule has 19 heavy (non-hydrogen) atoms. The van der Waals surface area contributed by atoms with Crippen molar-refractivity contribution in [1.29, 1.82) is 0 Å². The summed E-state index contributed by atoms with van der Waals surface area (Å²) in [7, 11) is 1.36. The van der Waals surface area contributed by atoms with Gasteiger partial charge >= 0.3 is 12.1 Å². The van der Waals surface area contributed by atoms with Crippen molar-refractivity contribution in [2.24, 2.45) is 11.8 Å². The maximum atomic E-state index is 11.6. The average molecular weight is 273 g/mol. The third-order valence-corrected chi connectivity index (χ3v) is 2.91. The largest absolute Gasteiger partial charge is 0.469 e. The van der Waals surface area contributed by atoms with Gasteiger partial charge in [-0.3, -0.25) is 4.79 Å². The number of nitrogens with one attached hydrogen (secondary N) is 1. The summed E-state index contributed by atoms with van der Waals surface area (Å²) < 4.78 is 15.2. The maximum Gasteiger partial charge on any atom is 0.407 e. The zero-order chi connectivity index (χ0) is 14.5. The van der Waals surface area contributed by atoms with Gasteiger partial charge in [0.05, 0.1) is 19.6 Å². The van der Waals surface area contributed by atoms with Crippen molar-refractivity contribution in [3.63, 3.8) is 0 Å². The SMILES string of the molecule is COC(=O)[C@@H]1COCC[C@H]1CNC(=O)OC(C)(C)C. The molecule has 1 amide bonds. The Hall–Kier alpha value is -1.30. The number of methoxy groups -OCH3 is 1. The summed E-state index contributed by atoms with van der Waals surface area (Å²) in [4.78, 5) is 23.2. The van der Waals surface area contributed by atoms with E-state index in [1.165, 1.54) is 7.11 Å². The Kier molecular flexibility index (Phi) is 5.60. The summed E-state index contributed by atoms with van der Waals surface area (Å²) >= 11 is 0. The fraction of sp³-hybridized carbons (Fsp3) is 0.846. The first-order valence-electron chi connectivity index (χ1n) is 6.46. The molecule has 1 aliphatic heterocycles. The number of hydrogen-bond acceptors (Lipinski definition) is 5. The molecule has 0 aromatic rings. The Bertz CT molecular complexity index is 323. The highest BCUT2D eigenvalue weighted by Gasteiger charge is 2.33. The number of carbonyl (C=O) groups excluding carboxylic acids is 2. The van der Waals surface area contributed by atoms with Gasteiger partial charge in [-0.1, -0.05) is 0 Å². The van der Waals surface area contributed by atoms with Gasteiger partial charge in [-0.05, 0) is 33.1 Å². The Labute approximate surface area is 113 Å². The van der Waals surface area contributed by atoms with Crippen molar-refractivity contribution in [2.45, 2.75) is 32.8 Å². The highest BCUT2D eigenvalue weighted by atomic mass is 16.6. The van der Waals surface area contributed by atoms with Crippen LogP contribution >= 0.6 is 0 Å². The van der Waals surface area contributed by atoms with Crippen LogP contribution < -0.4 is 5.32 Å². The van der Waals surface area contributed by atoms with Crippen LogP contribution in [0, 0.1) is 11.8 Å². The number of alkyl carbamates (subject to hydrolysis) is 1. The van der Waals surface area contributed by atoms with Gasteiger partial charge in [0.1, 0.15) is 5.60 Å². The van der Waals surface area contributed by atoms with Crippen LogP contribution in [0.2, 0.25) is 0 Å². The van der Waals surface area contributed by atoms with E-state index in [1.54, 1.807) is 20.8 Å². The summed E-state index contributed by atoms with van der Waals surface area (Å²) in [5.74, 6) is -0.599. The Morgan fingerprint density at radius 2 is 2.05 bits per heavy atom. The number of esters is 1. The quantitative estimate of drug-likeness (QED) is 0.785. The van der Waals surface area contributed by atoms with Crippen LogP contribution in [0.4, 0.5) is 4.79 Å². The lowest BCUT2D eigenvalue weighted by Gasteiger charge is -2.30. The molecular formula is C13H23NO5. The lowest BCUT2D eigenvalue weighted by Crippen LogP contribution is -2.42. The van der Waals surface area contributed by atoms with Gasteiger partial charge < -0.3 is 19.5 Å². The molecule has 1 saturated heterocycles.